The molecule has 1 N–H and O–H groups in total. The molecule has 0 saturated carbocycles. The molecule has 1 atom stereocenters. The second-order valence-electron chi connectivity index (χ2n) is 2.58. The molecule has 0 rings (SSSR count). The molecule has 0 aromatic rings. The molecule has 0 heterocycles. The van der Waals surface area contributed by atoms with Gasteiger partial charge in [-0.05, 0) is 32.2 Å². The Bertz CT molecular complexity index is 66.3. The molecule has 0 spiro atoms. The molecule has 0 bridgehead atoms. The van der Waals surface area contributed by atoms with Crippen molar-refractivity contribution in [2.75, 3.05) is 19.3 Å². The number of nitrogens with one attached hydrogen (secondary N) is 1. The van der Waals surface area contributed by atoms with Gasteiger partial charge in [-0.1, -0.05) is 13.8 Å². The van der Waals surface area contributed by atoms with Gasteiger partial charge in [-0.3, -0.25) is 0 Å². The molecule has 1 unspecified atom stereocenters. The lowest BCUT2D eigenvalue weighted by Crippen LogP contribution is -2.18. The van der Waals surface area contributed by atoms with Crippen LogP contribution >= 0.6 is 11.8 Å². The minimum Gasteiger partial charge on any atom is -0.317 e. The second kappa shape index (κ2) is 7.42. The Morgan fingerprint density at radius 1 is 1.40 bits per heavy atom. The summed E-state index contributed by atoms with van der Waals surface area (Å²) in [5, 5.41) is 4.20. The molecule has 0 amide bonds. The van der Waals surface area contributed by atoms with E-state index in [1.54, 1.807) is 0 Å². The van der Waals surface area contributed by atoms with Gasteiger partial charge in [0, 0.05) is 5.25 Å². The predicted octanol–water partition coefficient (Wildman–Crippen LogP) is 2.13. The quantitative estimate of drug-likeness (QED) is 0.599. The van der Waals surface area contributed by atoms with Crippen molar-refractivity contribution in [3.8, 4) is 0 Å². The Balaban J connectivity index is 2.89. The highest BCUT2D eigenvalue weighted by Gasteiger charge is 1.96. The van der Waals surface area contributed by atoms with Crippen molar-refractivity contribution < 1.29 is 0 Å². The van der Waals surface area contributed by atoms with Crippen LogP contribution in [0.4, 0.5) is 0 Å². The fraction of sp³-hybridized carbons (Fsp3) is 1.00. The lowest BCUT2D eigenvalue weighted by Gasteiger charge is -2.07. The van der Waals surface area contributed by atoms with E-state index in [9.17, 15) is 0 Å². The van der Waals surface area contributed by atoms with E-state index in [4.69, 9.17) is 0 Å². The molecule has 0 aliphatic rings. The van der Waals surface area contributed by atoms with Crippen LogP contribution in [0.1, 0.15) is 26.7 Å². The molecule has 1 nitrogen and oxygen atoms in total. The third-order valence-electron chi connectivity index (χ3n) is 1.56. The monoisotopic (exact) mass is 161 g/mol. The molecule has 0 aromatic carbocycles. The van der Waals surface area contributed by atoms with Crippen LogP contribution in [0.2, 0.25) is 0 Å². The average Bonchev–Trinajstić information content (AvgIpc) is 1.98. The minimum atomic E-state index is 0.810. The fourth-order valence-corrected chi connectivity index (χ4v) is 1.08. The number of thioether (sulfide) groups is 1. The normalized spacial score (nSPS) is 13.5. The maximum absolute atomic E-state index is 3.39. The van der Waals surface area contributed by atoms with Crippen molar-refractivity contribution in [3.05, 3.63) is 0 Å². The van der Waals surface area contributed by atoms with Crippen molar-refractivity contribution in [3.63, 3.8) is 0 Å². The summed E-state index contributed by atoms with van der Waals surface area (Å²) in [7, 11) is 0. The van der Waals surface area contributed by atoms with Gasteiger partial charge < -0.3 is 5.32 Å². The van der Waals surface area contributed by atoms with Crippen molar-refractivity contribution >= 4 is 11.8 Å². The summed E-state index contributed by atoms with van der Waals surface area (Å²) < 4.78 is 0. The van der Waals surface area contributed by atoms with E-state index in [-0.39, 0.29) is 0 Å². The minimum absolute atomic E-state index is 0.810. The van der Waals surface area contributed by atoms with Crippen LogP contribution in [-0.2, 0) is 0 Å². The predicted molar refractivity (Wildman–Crippen MR) is 50.8 cm³/mol. The molecule has 2 heteroatoms. The molecule has 0 aromatic heterocycles. The molecular formula is C8H19NS. The van der Waals surface area contributed by atoms with Crippen LogP contribution in [0.3, 0.4) is 0 Å². The van der Waals surface area contributed by atoms with Crippen LogP contribution < -0.4 is 5.32 Å². The summed E-state index contributed by atoms with van der Waals surface area (Å²) >= 11 is 1.94. The number of rotatable bonds is 6. The smallest absolute Gasteiger partial charge is 0.00280 e. The average molecular weight is 161 g/mol. The van der Waals surface area contributed by atoms with Gasteiger partial charge >= 0.3 is 0 Å². The van der Waals surface area contributed by atoms with E-state index >= 15 is 0 Å². The van der Waals surface area contributed by atoms with Gasteiger partial charge in [0.25, 0.3) is 0 Å². The van der Waals surface area contributed by atoms with Gasteiger partial charge in [-0.2, -0.15) is 11.8 Å². The summed E-state index contributed by atoms with van der Waals surface area (Å²) in [5.74, 6) is 0. The van der Waals surface area contributed by atoms with E-state index in [2.05, 4.69) is 25.4 Å². The first kappa shape index (κ1) is 10.3. The highest BCUT2D eigenvalue weighted by molar-refractivity contribution is 7.99. The lowest BCUT2D eigenvalue weighted by molar-refractivity contribution is 0.639. The zero-order valence-corrected chi connectivity index (χ0v) is 8.13. The molecule has 0 aliphatic carbocycles. The lowest BCUT2D eigenvalue weighted by atomic mass is 10.3. The fourth-order valence-electron chi connectivity index (χ4n) is 0.725. The largest absolute Gasteiger partial charge is 0.317 e. The summed E-state index contributed by atoms with van der Waals surface area (Å²) in [5.41, 5.74) is 0. The molecule has 0 radical (unpaired) electrons. The van der Waals surface area contributed by atoms with E-state index in [0.717, 1.165) is 5.25 Å². The third kappa shape index (κ3) is 6.43. The van der Waals surface area contributed by atoms with Crippen LogP contribution in [0.25, 0.3) is 0 Å². The summed E-state index contributed by atoms with van der Waals surface area (Å²) in [6.45, 7) is 6.82. The highest BCUT2D eigenvalue weighted by atomic mass is 32.2. The molecular weight excluding hydrogens is 142 g/mol. The first-order valence-corrected chi connectivity index (χ1v) is 5.33. The molecule has 0 aliphatic heterocycles. The third-order valence-corrected chi connectivity index (χ3v) is 2.60. The van der Waals surface area contributed by atoms with Gasteiger partial charge in [0.2, 0.25) is 0 Å². The van der Waals surface area contributed by atoms with E-state index in [0.29, 0.717) is 0 Å². The summed E-state index contributed by atoms with van der Waals surface area (Å²) in [6, 6.07) is 0. The standard InChI is InChI=1S/C8H19NS/c1-4-6-9-7-5-8(2)10-3/h8-9H,4-7H2,1-3H3. The Morgan fingerprint density at radius 2 is 2.10 bits per heavy atom. The molecule has 10 heavy (non-hydrogen) atoms. The molecule has 0 fully saturated rings. The Morgan fingerprint density at radius 3 is 2.60 bits per heavy atom. The highest BCUT2D eigenvalue weighted by Crippen LogP contribution is 2.07. The van der Waals surface area contributed by atoms with Gasteiger partial charge in [0.05, 0.1) is 0 Å². The van der Waals surface area contributed by atoms with Crippen molar-refractivity contribution in [2.24, 2.45) is 0 Å². The van der Waals surface area contributed by atoms with Crippen LogP contribution in [0.5, 0.6) is 0 Å². The van der Waals surface area contributed by atoms with Crippen molar-refractivity contribution in [2.45, 2.75) is 31.9 Å². The van der Waals surface area contributed by atoms with E-state index in [1.165, 1.54) is 25.9 Å². The topological polar surface area (TPSA) is 12.0 Å². The van der Waals surface area contributed by atoms with Crippen LogP contribution in [-0.4, -0.2) is 24.6 Å². The zero-order valence-electron chi connectivity index (χ0n) is 7.31. The Hall–Kier alpha value is 0.310. The summed E-state index contributed by atoms with van der Waals surface area (Å²) in [4.78, 5) is 0. The van der Waals surface area contributed by atoms with Gasteiger partial charge in [-0.15, -0.1) is 0 Å². The van der Waals surface area contributed by atoms with Gasteiger partial charge in [0.1, 0.15) is 0 Å². The Labute approximate surface area is 69.0 Å². The molecule has 0 saturated heterocycles. The SMILES string of the molecule is CCCNCCC(C)SC. The summed E-state index contributed by atoms with van der Waals surface area (Å²) in [6.07, 6.45) is 4.71. The maximum Gasteiger partial charge on any atom is 0.00280 e. The zero-order chi connectivity index (χ0) is 7.82. The number of hydrogen-bond donors (Lipinski definition) is 1. The van der Waals surface area contributed by atoms with Crippen LogP contribution in [0.15, 0.2) is 0 Å². The van der Waals surface area contributed by atoms with E-state index < -0.39 is 0 Å². The molecule has 62 valence electrons. The number of hydrogen-bond acceptors (Lipinski definition) is 2. The van der Waals surface area contributed by atoms with Gasteiger partial charge in [0.15, 0.2) is 0 Å². The van der Waals surface area contributed by atoms with E-state index in [1.807, 2.05) is 11.8 Å². The van der Waals surface area contributed by atoms with Gasteiger partial charge in [-0.25, -0.2) is 0 Å². The first-order chi connectivity index (χ1) is 4.81. The second-order valence-corrected chi connectivity index (χ2v) is 3.86. The first-order valence-electron chi connectivity index (χ1n) is 4.04. The maximum atomic E-state index is 3.39. The van der Waals surface area contributed by atoms with Crippen molar-refractivity contribution in [1.29, 1.82) is 0 Å². The van der Waals surface area contributed by atoms with Crippen LogP contribution in [0, 0.1) is 0 Å². The Kier molecular flexibility index (Phi) is 7.65. The van der Waals surface area contributed by atoms with Crippen molar-refractivity contribution in [1.82, 2.24) is 5.32 Å².